The number of fused-ring (bicyclic) bond motifs is 1. The normalized spacial score (nSPS) is 19.2. The topological polar surface area (TPSA) is 32.3 Å². The third-order valence-corrected chi connectivity index (χ3v) is 4.67. The van der Waals surface area contributed by atoms with Gasteiger partial charge in [-0.05, 0) is 51.2 Å². The maximum Gasteiger partial charge on any atom is 0.0582 e. The number of thiophene rings is 1. The predicted octanol–water partition coefficient (Wildman–Crippen LogP) is 2.66. The number of aryl methyl sites for hydroxylation is 2. The molecule has 0 saturated heterocycles. The van der Waals surface area contributed by atoms with E-state index in [1.54, 1.807) is 10.4 Å². The number of aliphatic hydroxyl groups is 1. The van der Waals surface area contributed by atoms with Crippen LogP contribution in [0.25, 0.3) is 0 Å². The van der Waals surface area contributed by atoms with Gasteiger partial charge >= 0.3 is 0 Å². The fourth-order valence-electron chi connectivity index (χ4n) is 2.29. The zero-order valence-corrected chi connectivity index (χ0v) is 10.9. The average molecular weight is 239 g/mol. The molecule has 0 aromatic carbocycles. The molecule has 0 fully saturated rings. The maximum atomic E-state index is 9.03. The van der Waals surface area contributed by atoms with Crippen molar-refractivity contribution in [2.75, 3.05) is 6.61 Å². The summed E-state index contributed by atoms with van der Waals surface area (Å²) in [5.41, 5.74) is 1.57. The first kappa shape index (κ1) is 12.1. The van der Waals surface area contributed by atoms with Crippen molar-refractivity contribution in [1.82, 2.24) is 5.32 Å². The standard InChI is InChI=1S/C13H21NOS/c1-9(8-15)14-10(2)13-7-11-5-3-4-6-12(11)16-13/h7,9-10,14-15H,3-6,8H2,1-2H3/t9-,10?/m1/s1. The largest absolute Gasteiger partial charge is 0.395 e. The van der Waals surface area contributed by atoms with Crippen LogP contribution in [-0.4, -0.2) is 17.8 Å². The van der Waals surface area contributed by atoms with E-state index in [4.69, 9.17) is 5.11 Å². The first-order valence-electron chi connectivity index (χ1n) is 6.19. The molecular formula is C13H21NOS. The van der Waals surface area contributed by atoms with Crippen molar-refractivity contribution in [1.29, 1.82) is 0 Å². The predicted molar refractivity (Wildman–Crippen MR) is 69.1 cm³/mol. The van der Waals surface area contributed by atoms with Crippen LogP contribution in [0.1, 0.15) is 48.0 Å². The Labute approximate surface area is 102 Å². The summed E-state index contributed by atoms with van der Waals surface area (Å²) in [6.45, 7) is 4.41. The lowest BCUT2D eigenvalue weighted by Gasteiger charge is -2.16. The second-order valence-electron chi connectivity index (χ2n) is 4.78. The van der Waals surface area contributed by atoms with Crippen LogP contribution in [0.2, 0.25) is 0 Å². The maximum absolute atomic E-state index is 9.03. The third-order valence-electron chi connectivity index (χ3n) is 3.25. The van der Waals surface area contributed by atoms with Gasteiger partial charge in [-0.1, -0.05) is 0 Å². The number of aliphatic hydroxyl groups excluding tert-OH is 1. The number of hydrogen-bond acceptors (Lipinski definition) is 3. The van der Waals surface area contributed by atoms with Crippen LogP contribution in [0.4, 0.5) is 0 Å². The Kier molecular flexibility index (Phi) is 4.00. The Morgan fingerprint density at radius 3 is 2.81 bits per heavy atom. The van der Waals surface area contributed by atoms with E-state index in [9.17, 15) is 0 Å². The molecule has 1 aliphatic rings. The average Bonchev–Trinajstić information content (AvgIpc) is 2.72. The lowest BCUT2D eigenvalue weighted by Crippen LogP contribution is -2.31. The summed E-state index contributed by atoms with van der Waals surface area (Å²) in [6.07, 6.45) is 5.22. The molecule has 3 heteroatoms. The highest BCUT2D eigenvalue weighted by atomic mass is 32.1. The van der Waals surface area contributed by atoms with Crippen molar-refractivity contribution in [3.8, 4) is 0 Å². The van der Waals surface area contributed by atoms with Gasteiger partial charge in [-0.3, -0.25) is 0 Å². The van der Waals surface area contributed by atoms with Crippen molar-refractivity contribution in [3.05, 3.63) is 21.4 Å². The highest BCUT2D eigenvalue weighted by Gasteiger charge is 2.17. The molecule has 0 bridgehead atoms. The van der Waals surface area contributed by atoms with Gasteiger partial charge in [0.1, 0.15) is 0 Å². The molecule has 1 aromatic rings. The van der Waals surface area contributed by atoms with Gasteiger partial charge < -0.3 is 10.4 Å². The molecule has 1 unspecified atom stereocenters. The molecule has 90 valence electrons. The molecule has 2 atom stereocenters. The van der Waals surface area contributed by atoms with Gasteiger partial charge in [-0.2, -0.15) is 0 Å². The Morgan fingerprint density at radius 2 is 2.12 bits per heavy atom. The highest BCUT2D eigenvalue weighted by Crippen LogP contribution is 2.32. The molecular weight excluding hydrogens is 218 g/mol. The first-order chi connectivity index (χ1) is 7.70. The molecule has 2 N–H and O–H groups in total. The van der Waals surface area contributed by atoms with Gasteiger partial charge in [0, 0.05) is 21.8 Å². The summed E-state index contributed by atoms with van der Waals surface area (Å²) in [4.78, 5) is 3.01. The monoisotopic (exact) mass is 239 g/mol. The molecule has 1 heterocycles. The van der Waals surface area contributed by atoms with Crippen molar-refractivity contribution < 1.29 is 5.11 Å². The summed E-state index contributed by atoms with van der Waals surface area (Å²) < 4.78 is 0. The SMILES string of the molecule is CC(N[C@H](C)CO)c1cc2c(s1)CCCC2. The van der Waals surface area contributed by atoms with Crippen molar-refractivity contribution >= 4 is 11.3 Å². The third kappa shape index (κ3) is 2.65. The van der Waals surface area contributed by atoms with Gasteiger partial charge in [-0.15, -0.1) is 11.3 Å². The Hall–Kier alpha value is -0.380. The van der Waals surface area contributed by atoms with E-state index in [-0.39, 0.29) is 12.6 Å². The summed E-state index contributed by atoms with van der Waals surface area (Å²) in [5.74, 6) is 0. The first-order valence-corrected chi connectivity index (χ1v) is 7.00. The smallest absolute Gasteiger partial charge is 0.0582 e. The second kappa shape index (κ2) is 5.30. The van der Waals surface area contributed by atoms with Crippen LogP contribution in [0.3, 0.4) is 0 Å². The van der Waals surface area contributed by atoms with E-state index in [1.807, 2.05) is 18.3 Å². The summed E-state index contributed by atoms with van der Waals surface area (Å²) in [7, 11) is 0. The Morgan fingerprint density at radius 1 is 1.38 bits per heavy atom. The van der Waals surface area contributed by atoms with Crippen LogP contribution in [-0.2, 0) is 12.8 Å². The molecule has 2 rings (SSSR count). The fourth-order valence-corrected chi connectivity index (χ4v) is 3.56. The molecule has 0 saturated carbocycles. The molecule has 2 nitrogen and oxygen atoms in total. The van der Waals surface area contributed by atoms with Crippen LogP contribution in [0.15, 0.2) is 6.07 Å². The summed E-state index contributed by atoms with van der Waals surface area (Å²) in [6, 6.07) is 2.90. The van der Waals surface area contributed by atoms with Crippen LogP contribution < -0.4 is 5.32 Å². The van der Waals surface area contributed by atoms with E-state index in [2.05, 4.69) is 18.3 Å². The summed E-state index contributed by atoms with van der Waals surface area (Å²) in [5, 5.41) is 12.4. The van der Waals surface area contributed by atoms with Crippen molar-refractivity contribution in [2.24, 2.45) is 0 Å². The van der Waals surface area contributed by atoms with E-state index in [0.717, 1.165) is 0 Å². The van der Waals surface area contributed by atoms with Gasteiger partial charge in [0.2, 0.25) is 0 Å². The molecule has 1 aliphatic carbocycles. The lowest BCUT2D eigenvalue weighted by molar-refractivity contribution is 0.243. The highest BCUT2D eigenvalue weighted by molar-refractivity contribution is 7.12. The van der Waals surface area contributed by atoms with Crippen molar-refractivity contribution in [2.45, 2.75) is 51.6 Å². The molecule has 16 heavy (non-hydrogen) atoms. The van der Waals surface area contributed by atoms with Crippen LogP contribution in [0.5, 0.6) is 0 Å². The van der Waals surface area contributed by atoms with Gasteiger partial charge in [0.05, 0.1) is 6.61 Å². The van der Waals surface area contributed by atoms with Crippen molar-refractivity contribution in [3.63, 3.8) is 0 Å². The molecule has 0 amide bonds. The van der Waals surface area contributed by atoms with E-state index in [0.29, 0.717) is 6.04 Å². The molecule has 0 aliphatic heterocycles. The quantitative estimate of drug-likeness (QED) is 0.846. The fraction of sp³-hybridized carbons (Fsp3) is 0.692. The number of rotatable bonds is 4. The minimum atomic E-state index is 0.175. The lowest BCUT2D eigenvalue weighted by atomic mass is 9.99. The van der Waals surface area contributed by atoms with Gasteiger partial charge in [0.25, 0.3) is 0 Å². The molecule has 0 spiro atoms. The second-order valence-corrected chi connectivity index (χ2v) is 5.94. The van der Waals surface area contributed by atoms with Crippen LogP contribution in [0, 0.1) is 0 Å². The van der Waals surface area contributed by atoms with E-state index in [1.165, 1.54) is 30.6 Å². The summed E-state index contributed by atoms with van der Waals surface area (Å²) >= 11 is 1.95. The zero-order chi connectivity index (χ0) is 11.5. The van der Waals surface area contributed by atoms with Gasteiger partial charge in [-0.25, -0.2) is 0 Å². The van der Waals surface area contributed by atoms with Gasteiger partial charge in [0.15, 0.2) is 0 Å². The number of nitrogens with one attached hydrogen (secondary N) is 1. The minimum absolute atomic E-state index is 0.175. The number of hydrogen-bond donors (Lipinski definition) is 2. The van der Waals surface area contributed by atoms with E-state index >= 15 is 0 Å². The minimum Gasteiger partial charge on any atom is -0.395 e. The Bertz CT molecular complexity index is 324. The molecule has 1 aromatic heterocycles. The molecule has 0 radical (unpaired) electrons. The van der Waals surface area contributed by atoms with Crippen LogP contribution >= 0.6 is 11.3 Å². The Balaban J connectivity index is 2.05. The van der Waals surface area contributed by atoms with E-state index < -0.39 is 0 Å². The zero-order valence-electron chi connectivity index (χ0n) is 10.1.